The lowest BCUT2D eigenvalue weighted by molar-refractivity contribution is 0.803. The van der Waals surface area contributed by atoms with Gasteiger partial charge in [0.1, 0.15) is 10.5 Å². The summed E-state index contributed by atoms with van der Waals surface area (Å²) in [6.07, 6.45) is 0.543. The van der Waals surface area contributed by atoms with Crippen molar-refractivity contribution in [2.75, 3.05) is 0 Å². The number of halogens is 2. The highest BCUT2D eigenvalue weighted by Crippen LogP contribution is 2.26. The number of H-pyrrole nitrogens is 1. The lowest BCUT2D eigenvalue weighted by Crippen LogP contribution is -2.05. The second-order valence-corrected chi connectivity index (χ2v) is 6.26. The van der Waals surface area contributed by atoms with Crippen molar-refractivity contribution >= 4 is 35.4 Å². The van der Waals surface area contributed by atoms with E-state index in [1.54, 1.807) is 0 Å². The van der Waals surface area contributed by atoms with Gasteiger partial charge in [-0.05, 0) is 30.5 Å². The summed E-state index contributed by atoms with van der Waals surface area (Å²) in [6, 6.07) is 5.48. The number of rotatable bonds is 3. The lowest BCUT2D eigenvalue weighted by atomic mass is 10.0. The van der Waals surface area contributed by atoms with Crippen molar-refractivity contribution in [2.24, 2.45) is 0 Å². The van der Waals surface area contributed by atoms with Crippen molar-refractivity contribution in [3.05, 3.63) is 55.5 Å². The van der Waals surface area contributed by atoms with Gasteiger partial charge in [-0.1, -0.05) is 55.3 Å². The average Bonchev–Trinajstić information content (AvgIpc) is 2.32. The van der Waals surface area contributed by atoms with E-state index in [1.807, 2.05) is 25.1 Å². The molecule has 0 bridgehead atoms. The molecule has 5 heteroatoms. The standard InChI is InChI=1S/C15H16Cl2N2S/c1-8(2)14-9(3)18-13(19-15(14)20)7-10-11(16)5-4-6-12(10)17/h4-6,8H,7H2,1-3H3,(H,18,19,20). The second-order valence-electron chi connectivity index (χ2n) is 5.06. The van der Waals surface area contributed by atoms with Crippen LogP contribution in [0.4, 0.5) is 0 Å². The fourth-order valence-electron chi connectivity index (χ4n) is 2.29. The Bertz CT molecular complexity index is 673. The van der Waals surface area contributed by atoms with Gasteiger partial charge in [-0.3, -0.25) is 0 Å². The van der Waals surface area contributed by atoms with Gasteiger partial charge in [0.05, 0.1) is 0 Å². The van der Waals surface area contributed by atoms with Crippen molar-refractivity contribution < 1.29 is 0 Å². The maximum absolute atomic E-state index is 6.19. The first kappa shape index (κ1) is 15.5. The molecule has 0 radical (unpaired) electrons. The number of benzene rings is 1. The maximum atomic E-state index is 6.19. The molecule has 0 spiro atoms. The summed E-state index contributed by atoms with van der Waals surface area (Å²) in [5.41, 5.74) is 3.01. The van der Waals surface area contributed by atoms with Crippen LogP contribution < -0.4 is 0 Å². The Kier molecular flexibility index (Phi) is 4.84. The summed E-state index contributed by atoms with van der Waals surface area (Å²) in [6.45, 7) is 6.24. The van der Waals surface area contributed by atoms with E-state index in [-0.39, 0.29) is 0 Å². The van der Waals surface area contributed by atoms with Crippen molar-refractivity contribution in [1.82, 2.24) is 9.97 Å². The lowest BCUT2D eigenvalue weighted by Gasteiger charge is -2.12. The summed E-state index contributed by atoms with van der Waals surface area (Å²) in [4.78, 5) is 7.78. The molecule has 0 atom stereocenters. The summed E-state index contributed by atoms with van der Waals surface area (Å²) >= 11 is 17.8. The average molecular weight is 327 g/mol. The number of hydrogen-bond donors (Lipinski definition) is 1. The molecule has 0 aliphatic carbocycles. The fraction of sp³-hybridized carbons (Fsp3) is 0.333. The van der Waals surface area contributed by atoms with E-state index in [2.05, 4.69) is 23.8 Å². The van der Waals surface area contributed by atoms with Crippen LogP contribution in [0.2, 0.25) is 10.0 Å². The van der Waals surface area contributed by atoms with Gasteiger partial charge in [-0.25, -0.2) is 4.98 Å². The van der Waals surface area contributed by atoms with Crippen LogP contribution in [0.5, 0.6) is 0 Å². The van der Waals surface area contributed by atoms with Crippen LogP contribution in [0, 0.1) is 11.6 Å². The van der Waals surface area contributed by atoms with E-state index in [9.17, 15) is 0 Å². The van der Waals surface area contributed by atoms with Crippen molar-refractivity contribution in [3.63, 3.8) is 0 Å². The molecule has 0 saturated carbocycles. The van der Waals surface area contributed by atoms with E-state index in [0.29, 0.717) is 27.0 Å². The Morgan fingerprint density at radius 2 is 1.85 bits per heavy atom. The van der Waals surface area contributed by atoms with Gasteiger partial charge in [0.2, 0.25) is 0 Å². The molecule has 1 aromatic carbocycles. The van der Waals surface area contributed by atoms with E-state index < -0.39 is 0 Å². The molecular weight excluding hydrogens is 311 g/mol. The third-order valence-corrected chi connectivity index (χ3v) is 4.21. The molecular formula is C15H16Cl2N2S. The van der Waals surface area contributed by atoms with Crippen LogP contribution in [0.1, 0.15) is 42.4 Å². The number of hydrogen-bond acceptors (Lipinski definition) is 2. The fourth-order valence-corrected chi connectivity index (χ4v) is 3.32. The third kappa shape index (κ3) is 3.22. The minimum absolute atomic E-state index is 0.351. The molecule has 1 N–H and O–H groups in total. The first-order valence-electron chi connectivity index (χ1n) is 6.42. The first-order valence-corrected chi connectivity index (χ1v) is 7.59. The van der Waals surface area contributed by atoms with E-state index in [1.165, 1.54) is 0 Å². The van der Waals surface area contributed by atoms with Crippen LogP contribution >= 0.6 is 35.4 Å². The minimum atomic E-state index is 0.351. The second kappa shape index (κ2) is 6.25. The Hall–Kier alpha value is -0.900. The number of aryl methyl sites for hydroxylation is 1. The van der Waals surface area contributed by atoms with Gasteiger partial charge in [0, 0.05) is 27.7 Å². The highest BCUT2D eigenvalue weighted by Gasteiger charge is 2.12. The molecule has 0 aliphatic rings. The summed E-state index contributed by atoms with van der Waals surface area (Å²) in [5.74, 6) is 1.14. The molecule has 0 saturated heterocycles. The van der Waals surface area contributed by atoms with E-state index >= 15 is 0 Å². The van der Waals surface area contributed by atoms with Gasteiger partial charge in [0.25, 0.3) is 0 Å². The zero-order valence-electron chi connectivity index (χ0n) is 11.6. The van der Waals surface area contributed by atoms with E-state index in [4.69, 9.17) is 35.4 Å². The maximum Gasteiger partial charge on any atom is 0.133 e. The highest BCUT2D eigenvalue weighted by atomic mass is 35.5. The minimum Gasteiger partial charge on any atom is -0.347 e. The van der Waals surface area contributed by atoms with Crippen LogP contribution in [0.3, 0.4) is 0 Å². The molecule has 0 aliphatic heterocycles. The molecule has 20 heavy (non-hydrogen) atoms. The third-order valence-electron chi connectivity index (χ3n) is 3.19. The number of aromatic nitrogens is 2. The first-order chi connectivity index (χ1) is 9.40. The quantitative estimate of drug-likeness (QED) is 0.757. The normalized spacial score (nSPS) is 11.1. The van der Waals surface area contributed by atoms with Crippen LogP contribution in [0.25, 0.3) is 0 Å². The smallest absolute Gasteiger partial charge is 0.133 e. The van der Waals surface area contributed by atoms with Crippen LogP contribution in [-0.2, 0) is 6.42 Å². The van der Waals surface area contributed by atoms with Crippen molar-refractivity contribution in [2.45, 2.75) is 33.1 Å². The number of aromatic amines is 1. The Labute approximate surface area is 134 Å². The Morgan fingerprint density at radius 3 is 2.35 bits per heavy atom. The Balaban J connectivity index is 2.43. The molecule has 1 heterocycles. The molecule has 2 nitrogen and oxygen atoms in total. The van der Waals surface area contributed by atoms with Crippen molar-refractivity contribution in [1.29, 1.82) is 0 Å². The predicted molar refractivity (Wildman–Crippen MR) is 87.5 cm³/mol. The monoisotopic (exact) mass is 326 g/mol. The molecule has 106 valence electrons. The topological polar surface area (TPSA) is 28.7 Å². The van der Waals surface area contributed by atoms with Gasteiger partial charge in [0.15, 0.2) is 0 Å². The van der Waals surface area contributed by atoms with Gasteiger partial charge >= 0.3 is 0 Å². The molecule has 1 aromatic heterocycles. The summed E-state index contributed by atoms with van der Waals surface area (Å²) in [5, 5.41) is 1.29. The van der Waals surface area contributed by atoms with Gasteiger partial charge in [-0.15, -0.1) is 0 Å². The van der Waals surface area contributed by atoms with Crippen LogP contribution in [-0.4, -0.2) is 9.97 Å². The van der Waals surface area contributed by atoms with E-state index in [0.717, 1.165) is 22.6 Å². The number of nitrogens with one attached hydrogen (secondary N) is 1. The Morgan fingerprint density at radius 1 is 1.25 bits per heavy atom. The predicted octanol–water partition coefficient (Wildman–Crippen LogP) is 5.47. The van der Waals surface area contributed by atoms with Crippen LogP contribution in [0.15, 0.2) is 18.2 Å². The van der Waals surface area contributed by atoms with Gasteiger partial charge in [-0.2, -0.15) is 0 Å². The number of nitrogens with zero attached hydrogens (tertiary/aromatic N) is 1. The molecule has 2 aromatic rings. The molecule has 0 fully saturated rings. The molecule has 0 unspecified atom stereocenters. The molecule has 2 rings (SSSR count). The molecule has 0 amide bonds. The largest absolute Gasteiger partial charge is 0.347 e. The SMILES string of the molecule is Cc1[nH]c(Cc2c(Cl)cccc2Cl)nc(=S)c1C(C)C. The summed E-state index contributed by atoms with van der Waals surface area (Å²) in [7, 11) is 0. The zero-order chi connectivity index (χ0) is 14.9. The highest BCUT2D eigenvalue weighted by molar-refractivity contribution is 7.71. The van der Waals surface area contributed by atoms with Gasteiger partial charge < -0.3 is 4.98 Å². The van der Waals surface area contributed by atoms with Crippen molar-refractivity contribution in [3.8, 4) is 0 Å². The summed E-state index contributed by atoms with van der Waals surface area (Å²) < 4.78 is 0.648. The zero-order valence-corrected chi connectivity index (χ0v) is 14.0.